The van der Waals surface area contributed by atoms with Crippen molar-refractivity contribution in [1.29, 1.82) is 0 Å². The smallest absolute Gasteiger partial charge is 0.173 e. The molecule has 2 heterocycles. The number of pyridine rings is 1. The van der Waals surface area contributed by atoms with Crippen LogP contribution >= 0.6 is 22.6 Å². The third-order valence-electron chi connectivity index (χ3n) is 4.41. The molecule has 0 fully saturated rings. The molecule has 0 radical (unpaired) electrons. The van der Waals surface area contributed by atoms with Crippen molar-refractivity contribution in [2.24, 2.45) is 0 Å². The molecule has 4 aromatic rings. The molecule has 5 heteroatoms. The van der Waals surface area contributed by atoms with Crippen LogP contribution in [0, 0.1) is 10.5 Å². The van der Waals surface area contributed by atoms with Crippen molar-refractivity contribution in [3.8, 4) is 22.6 Å². The number of aliphatic hydroxyl groups excluding tert-OH is 1. The summed E-state index contributed by atoms with van der Waals surface area (Å²) in [4.78, 5) is 4.13. The van der Waals surface area contributed by atoms with Crippen LogP contribution in [0.5, 0.6) is 0 Å². The molecule has 1 N–H and O–H groups in total. The topological polar surface area (TPSA) is 59.2 Å². The normalized spacial score (nSPS) is 12.1. The molecule has 134 valence electrons. The zero-order valence-corrected chi connectivity index (χ0v) is 16.8. The fourth-order valence-electron chi connectivity index (χ4n) is 3.01. The van der Waals surface area contributed by atoms with Crippen LogP contribution in [-0.4, -0.2) is 15.2 Å². The molecular formula is C22H17IN2O2. The Hall–Kier alpha value is -2.51. The van der Waals surface area contributed by atoms with E-state index in [4.69, 9.17) is 4.52 Å². The van der Waals surface area contributed by atoms with Gasteiger partial charge in [-0.2, -0.15) is 0 Å². The molecule has 27 heavy (non-hydrogen) atoms. The van der Waals surface area contributed by atoms with Gasteiger partial charge in [-0.15, -0.1) is 0 Å². The molecule has 0 aliphatic rings. The van der Waals surface area contributed by atoms with Crippen molar-refractivity contribution in [3.63, 3.8) is 0 Å². The van der Waals surface area contributed by atoms with Crippen molar-refractivity contribution in [3.05, 3.63) is 93.3 Å². The van der Waals surface area contributed by atoms with Gasteiger partial charge in [-0.3, -0.25) is 4.98 Å². The second-order valence-corrected chi connectivity index (χ2v) is 7.58. The predicted molar refractivity (Wildman–Crippen MR) is 113 cm³/mol. The van der Waals surface area contributed by atoms with Crippen molar-refractivity contribution in [1.82, 2.24) is 10.1 Å². The lowest BCUT2D eigenvalue weighted by atomic mass is 9.94. The third-order valence-corrected chi connectivity index (χ3v) is 5.08. The van der Waals surface area contributed by atoms with Crippen LogP contribution in [0.25, 0.3) is 22.6 Å². The fraction of sp³-hybridized carbons (Fsp3) is 0.0909. The summed E-state index contributed by atoms with van der Waals surface area (Å²) in [7, 11) is 0. The molecule has 0 amide bonds. The highest BCUT2D eigenvalue weighted by Crippen LogP contribution is 2.39. The van der Waals surface area contributed by atoms with Gasteiger partial charge >= 0.3 is 0 Å². The Balaban J connectivity index is 1.91. The summed E-state index contributed by atoms with van der Waals surface area (Å²) in [5, 5.41) is 15.5. The molecule has 0 aliphatic heterocycles. The lowest BCUT2D eigenvalue weighted by Crippen LogP contribution is -2.02. The predicted octanol–water partition coefficient (Wildman–Crippen LogP) is 5.40. The minimum absolute atomic E-state index is 0.570. The molecule has 0 aliphatic carbocycles. The summed E-state index contributed by atoms with van der Waals surface area (Å²) in [6.07, 6.45) is 2.45. The lowest BCUT2D eigenvalue weighted by molar-refractivity contribution is 0.220. The van der Waals surface area contributed by atoms with Gasteiger partial charge in [0.25, 0.3) is 0 Å². The second kappa shape index (κ2) is 7.62. The summed E-state index contributed by atoms with van der Waals surface area (Å²) in [6.45, 7) is 2.04. The number of nitrogens with zero attached hydrogens (tertiary/aromatic N) is 2. The maximum Gasteiger partial charge on any atom is 0.173 e. The summed E-state index contributed by atoms with van der Waals surface area (Å²) < 4.78 is 6.81. The van der Waals surface area contributed by atoms with Gasteiger partial charge in [0.2, 0.25) is 0 Å². The Labute approximate surface area is 171 Å². The number of benzene rings is 2. The van der Waals surface area contributed by atoms with Gasteiger partial charge in [-0.1, -0.05) is 53.2 Å². The fourth-order valence-corrected chi connectivity index (χ4v) is 3.56. The molecule has 0 saturated carbocycles. The van der Waals surface area contributed by atoms with Gasteiger partial charge in [0.1, 0.15) is 11.8 Å². The van der Waals surface area contributed by atoms with Crippen LogP contribution in [0.15, 0.2) is 77.6 Å². The highest BCUT2D eigenvalue weighted by Gasteiger charge is 2.26. The number of hydrogen-bond acceptors (Lipinski definition) is 4. The van der Waals surface area contributed by atoms with Crippen LogP contribution in [0.4, 0.5) is 0 Å². The molecule has 4 rings (SSSR count). The van der Waals surface area contributed by atoms with Crippen LogP contribution in [0.3, 0.4) is 0 Å². The van der Waals surface area contributed by atoms with E-state index >= 15 is 0 Å². The summed E-state index contributed by atoms with van der Waals surface area (Å²) in [5.41, 5.74) is 4.93. The molecule has 2 aromatic heterocycles. The van der Waals surface area contributed by atoms with E-state index in [0.717, 1.165) is 20.3 Å². The Bertz CT molecular complexity index is 1060. The van der Waals surface area contributed by atoms with Crippen molar-refractivity contribution in [2.75, 3.05) is 0 Å². The maximum atomic E-state index is 11.1. The summed E-state index contributed by atoms with van der Waals surface area (Å²) >= 11 is 2.26. The molecule has 2 aromatic carbocycles. The molecule has 0 spiro atoms. The standard InChI is InChI=1S/C22H17IN2O2/c1-14-7-9-15(10-8-14)20-19(21(26)17-5-3-11-24-13-17)22(27-25-20)16-4-2-6-18(23)12-16/h2-13,21,26H,1H3. The van der Waals surface area contributed by atoms with E-state index in [2.05, 4.69) is 32.7 Å². The SMILES string of the molecule is Cc1ccc(-c2noc(-c3cccc(I)c3)c2C(O)c2cccnc2)cc1. The summed E-state index contributed by atoms with van der Waals surface area (Å²) in [6, 6.07) is 19.6. The Morgan fingerprint density at radius 3 is 2.52 bits per heavy atom. The van der Waals surface area contributed by atoms with E-state index in [9.17, 15) is 5.11 Å². The monoisotopic (exact) mass is 468 g/mol. The first kappa shape index (κ1) is 17.9. The quantitative estimate of drug-likeness (QED) is 0.408. The van der Waals surface area contributed by atoms with Crippen LogP contribution in [0.1, 0.15) is 22.8 Å². The largest absolute Gasteiger partial charge is 0.383 e. The van der Waals surface area contributed by atoms with Crippen molar-refractivity contribution >= 4 is 22.6 Å². The van der Waals surface area contributed by atoms with Crippen LogP contribution < -0.4 is 0 Å². The van der Waals surface area contributed by atoms with Gasteiger partial charge in [0.15, 0.2) is 5.76 Å². The first-order valence-electron chi connectivity index (χ1n) is 8.54. The number of aromatic nitrogens is 2. The van der Waals surface area contributed by atoms with E-state index in [1.807, 2.05) is 67.6 Å². The van der Waals surface area contributed by atoms with Crippen LogP contribution in [0.2, 0.25) is 0 Å². The molecule has 1 unspecified atom stereocenters. The van der Waals surface area contributed by atoms with Gasteiger partial charge < -0.3 is 9.63 Å². The van der Waals surface area contributed by atoms with E-state index in [-0.39, 0.29) is 0 Å². The first-order valence-corrected chi connectivity index (χ1v) is 9.62. The van der Waals surface area contributed by atoms with Crippen LogP contribution in [-0.2, 0) is 0 Å². The Morgan fingerprint density at radius 1 is 1.00 bits per heavy atom. The highest BCUT2D eigenvalue weighted by molar-refractivity contribution is 14.1. The van der Waals surface area contributed by atoms with Gasteiger partial charge in [-0.25, -0.2) is 0 Å². The Kier molecular flexibility index (Phi) is 5.05. The summed E-state index contributed by atoms with van der Waals surface area (Å²) in [5.74, 6) is 0.570. The van der Waals surface area contributed by atoms with Gasteiger partial charge in [-0.05, 0) is 47.7 Å². The maximum absolute atomic E-state index is 11.1. The van der Waals surface area contributed by atoms with Crippen molar-refractivity contribution in [2.45, 2.75) is 13.0 Å². The van der Waals surface area contributed by atoms with E-state index in [1.165, 1.54) is 0 Å². The average Bonchev–Trinajstić information content (AvgIpc) is 3.14. The van der Waals surface area contributed by atoms with E-state index < -0.39 is 6.10 Å². The van der Waals surface area contributed by atoms with Gasteiger partial charge in [0.05, 0.1) is 5.56 Å². The average molecular weight is 468 g/mol. The lowest BCUT2D eigenvalue weighted by Gasteiger charge is -2.13. The molecule has 0 bridgehead atoms. The molecular weight excluding hydrogens is 451 g/mol. The zero-order chi connectivity index (χ0) is 18.8. The van der Waals surface area contributed by atoms with Gasteiger partial charge in [0, 0.05) is 32.7 Å². The Morgan fingerprint density at radius 2 is 1.81 bits per heavy atom. The highest BCUT2D eigenvalue weighted by atomic mass is 127. The van der Waals surface area contributed by atoms with Crippen molar-refractivity contribution < 1.29 is 9.63 Å². The molecule has 1 atom stereocenters. The zero-order valence-electron chi connectivity index (χ0n) is 14.6. The minimum atomic E-state index is -0.894. The number of aliphatic hydroxyl groups is 1. The third kappa shape index (κ3) is 3.65. The van der Waals surface area contributed by atoms with E-state index in [0.29, 0.717) is 22.6 Å². The first-order chi connectivity index (χ1) is 13.1. The second-order valence-electron chi connectivity index (χ2n) is 6.34. The molecule has 4 nitrogen and oxygen atoms in total. The molecule has 0 saturated heterocycles. The van der Waals surface area contributed by atoms with E-state index in [1.54, 1.807) is 12.4 Å². The number of rotatable bonds is 4. The number of aryl methyl sites for hydroxylation is 1. The minimum Gasteiger partial charge on any atom is -0.383 e. The number of halogens is 1. The number of hydrogen-bond donors (Lipinski definition) is 1.